The van der Waals surface area contributed by atoms with Crippen LogP contribution in [0, 0.1) is 0 Å². The lowest BCUT2D eigenvalue weighted by atomic mass is 10.1. The van der Waals surface area contributed by atoms with Gasteiger partial charge in [0.2, 0.25) is 0 Å². The maximum Gasteiger partial charge on any atom is 0.181 e. The van der Waals surface area contributed by atoms with Crippen molar-refractivity contribution in [3.05, 3.63) is 90.5 Å². The summed E-state index contributed by atoms with van der Waals surface area (Å²) in [5.41, 5.74) is 3.49. The SMILES string of the molecule is CC(NO)c1ccccc1[P+](Br)(c1ccccc1)c1ccccc1. The van der Waals surface area contributed by atoms with E-state index in [2.05, 4.69) is 87.7 Å². The van der Waals surface area contributed by atoms with E-state index < -0.39 is 5.96 Å². The van der Waals surface area contributed by atoms with Gasteiger partial charge in [0.1, 0.15) is 15.9 Å². The minimum atomic E-state index is -1.97. The third kappa shape index (κ3) is 3.18. The molecule has 24 heavy (non-hydrogen) atoms. The largest absolute Gasteiger partial charge is 0.316 e. The van der Waals surface area contributed by atoms with E-state index in [-0.39, 0.29) is 6.04 Å². The summed E-state index contributed by atoms with van der Waals surface area (Å²) in [7, 11) is 0. The molecule has 0 aliphatic rings. The van der Waals surface area contributed by atoms with Crippen molar-refractivity contribution in [2.45, 2.75) is 13.0 Å². The van der Waals surface area contributed by atoms with Crippen LogP contribution in [0.5, 0.6) is 0 Å². The van der Waals surface area contributed by atoms with E-state index in [0.29, 0.717) is 0 Å². The second-order valence-electron chi connectivity index (χ2n) is 5.67. The Hall–Kier alpha value is -1.51. The van der Waals surface area contributed by atoms with Gasteiger partial charge in [-0.05, 0) is 37.3 Å². The molecule has 1 unspecified atom stereocenters. The van der Waals surface area contributed by atoms with E-state index in [1.54, 1.807) is 0 Å². The molecule has 0 saturated carbocycles. The molecule has 0 heterocycles. The van der Waals surface area contributed by atoms with Gasteiger partial charge in [-0.25, -0.2) is 0 Å². The van der Waals surface area contributed by atoms with Crippen molar-refractivity contribution in [3.8, 4) is 0 Å². The quantitative estimate of drug-likeness (QED) is 0.493. The Labute approximate surface area is 151 Å². The third-order valence-corrected chi connectivity index (χ3v) is 10.8. The molecule has 0 spiro atoms. The molecule has 122 valence electrons. The summed E-state index contributed by atoms with van der Waals surface area (Å²) < 4.78 is 0. The van der Waals surface area contributed by atoms with Crippen molar-refractivity contribution in [2.75, 3.05) is 0 Å². The van der Waals surface area contributed by atoms with Crippen LogP contribution in [0.15, 0.2) is 84.9 Å². The molecule has 3 aromatic carbocycles. The predicted molar refractivity (Wildman–Crippen MR) is 107 cm³/mol. The molecule has 0 bridgehead atoms. The van der Waals surface area contributed by atoms with Gasteiger partial charge in [-0.2, -0.15) is 5.48 Å². The van der Waals surface area contributed by atoms with E-state index in [1.807, 2.05) is 25.1 Å². The van der Waals surface area contributed by atoms with Gasteiger partial charge in [0.05, 0.1) is 6.04 Å². The van der Waals surface area contributed by atoms with Gasteiger partial charge in [0, 0.05) is 5.56 Å². The number of hydrogen-bond acceptors (Lipinski definition) is 2. The molecule has 0 aliphatic carbocycles. The van der Waals surface area contributed by atoms with Crippen LogP contribution in [0.3, 0.4) is 0 Å². The Morgan fingerprint density at radius 2 is 1.25 bits per heavy atom. The summed E-state index contributed by atoms with van der Waals surface area (Å²) in [5, 5.41) is 13.2. The topological polar surface area (TPSA) is 32.3 Å². The highest BCUT2D eigenvalue weighted by Gasteiger charge is 2.45. The molecular formula is C20H20BrNOP+. The van der Waals surface area contributed by atoms with E-state index in [0.717, 1.165) is 5.56 Å². The standard InChI is InChI=1S/C20H20BrNOP/c1-16(22-23)19-14-8-9-15-20(19)24(21,17-10-4-2-5-11-17)18-12-6-3-7-13-18/h2-16,22-23H,1H3/q+1. The van der Waals surface area contributed by atoms with Crippen LogP contribution in [-0.4, -0.2) is 5.21 Å². The molecule has 0 fully saturated rings. The van der Waals surface area contributed by atoms with Crippen molar-refractivity contribution >= 4 is 37.4 Å². The fourth-order valence-electron chi connectivity index (χ4n) is 2.90. The second-order valence-corrected chi connectivity index (χ2v) is 11.6. The van der Waals surface area contributed by atoms with Crippen LogP contribution in [0.4, 0.5) is 0 Å². The van der Waals surface area contributed by atoms with Gasteiger partial charge < -0.3 is 5.21 Å². The van der Waals surface area contributed by atoms with Crippen LogP contribution < -0.4 is 21.4 Å². The highest BCUT2D eigenvalue weighted by atomic mass is 79.9. The molecule has 0 aromatic heterocycles. The van der Waals surface area contributed by atoms with Crippen molar-refractivity contribution in [1.29, 1.82) is 0 Å². The summed E-state index contributed by atoms with van der Waals surface area (Å²) in [5.74, 6) is -1.97. The average molecular weight is 401 g/mol. The van der Waals surface area contributed by atoms with Crippen LogP contribution in [0.25, 0.3) is 0 Å². The molecule has 0 aliphatic heterocycles. The van der Waals surface area contributed by atoms with Gasteiger partial charge in [-0.3, -0.25) is 0 Å². The Morgan fingerprint density at radius 3 is 1.75 bits per heavy atom. The summed E-state index contributed by atoms with van der Waals surface area (Å²) >= 11 is 4.16. The van der Waals surface area contributed by atoms with Crippen molar-refractivity contribution in [1.82, 2.24) is 5.48 Å². The summed E-state index contributed by atoms with van der Waals surface area (Å²) in [6.45, 7) is 1.96. The van der Waals surface area contributed by atoms with E-state index in [4.69, 9.17) is 0 Å². The van der Waals surface area contributed by atoms with Crippen LogP contribution in [0.2, 0.25) is 0 Å². The maximum atomic E-state index is 9.47. The Kier molecular flexibility index (Phi) is 5.47. The first-order valence-corrected chi connectivity index (χ1v) is 11.7. The van der Waals surface area contributed by atoms with Crippen molar-refractivity contribution in [2.24, 2.45) is 0 Å². The fourth-order valence-corrected chi connectivity index (χ4v) is 8.22. The number of rotatable bonds is 5. The lowest BCUT2D eigenvalue weighted by Crippen LogP contribution is -2.31. The first-order chi connectivity index (χ1) is 11.7. The first-order valence-electron chi connectivity index (χ1n) is 7.87. The number of nitrogens with one attached hydrogen (secondary N) is 1. The van der Waals surface area contributed by atoms with Gasteiger partial charge in [0.25, 0.3) is 0 Å². The number of halogens is 1. The number of benzene rings is 3. The van der Waals surface area contributed by atoms with E-state index >= 15 is 0 Å². The number of hydroxylamine groups is 1. The average Bonchev–Trinajstić information content (AvgIpc) is 2.68. The highest BCUT2D eigenvalue weighted by Crippen LogP contribution is 2.63. The zero-order chi connectivity index (χ0) is 17.0. The summed E-state index contributed by atoms with van der Waals surface area (Å²) in [6, 6.07) is 29.2. The fraction of sp³-hybridized carbons (Fsp3) is 0.100. The molecule has 3 aromatic rings. The summed E-state index contributed by atoms with van der Waals surface area (Å²) in [6.07, 6.45) is 0. The van der Waals surface area contributed by atoms with Crippen LogP contribution >= 0.6 is 21.5 Å². The van der Waals surface area contributed by atoms with Crippen LogP contribution in [-0.2, 0) is 0 Å². The lowest BCUT2D eigenvalue weighted by molar-refractivity contribution is 0.134. The molecule has 1 atom stereocenters. The van der Waals surface area contributed by atoms with Gasteiger partial charge in [-0.15, -0.1) is 0 Å². The normalized spacial score (nSPS) is 12.8. The monoisotopic (exact) mass is 400 g/mol. The van der Waals surface area contributed by atoms with E-state index in [9.17, 15) is 5.21 Å². The van der Waals surface area contributed by atoms with Gasteiger partial charge >= 0.3 is 0 Å². The Balaban J connectivity index is 2.29. The number of hydrogen-bond donors (Lipinski definition) is 2. The van der Waals surface area contributed by atoms with Crippen LogP contribution in [0.1, 0.15) is 18.5 Å². The lowest BCUT2D eigenvalue weighted by Gasteiger charge is -2.24. The van der Waals surface area contributed by atoms with Gasteiger partial charge in [-0.1, -0.05) is 54.6 Å². The molecule has 0 amide bonds. The molecule has 3 rings (SSSR count). The molecule has 2 N–H and O–H groups in total. The molecular weight excluding hydrogens is 381 g/mol. The first kappa shape index (κ1) is 17.3. The Morgan fingerprint density at radius 1 is 0.792 bits per heavy atom. The molecule has 4 heteroatoms. The molecule has 0 saturated heterocycles. The zero-order valence-electron chi connectivity index (χ0n) is 13.4. The van der Waals surface area contributed by atoms with Gasteiger partial charge in [0.15, 0.2) is 21.5 Å². The summed E-state index contributed by atoms with van der Waals surface area (Å²) in [4.78, 5) is 0. The Bertz CT molecular complexity index is 756. The smallest absolute Gasteiger partial charge is 0.181 e. The minimum absolute atomic E-state index is 0.148. The molecule has 0 radical (unpaired) electrons. The van der Waals surface area contributed by atoms with Crippen molar-refractivity contribution in [3.63, 3.8) is 0 Å². The second kappa shape index (κ2) is 7.58. The van der Waals surface area contributed by atoms with Crippen molar-refractivity contribution < 1.29 is 5.21 Å². The highest BCUT2D eigenvalue weighted by molar-refractivity contribution is 9.44. The zero-order valence-corrected chi connectivity index (χ0v) is 15.9. The maximum absolute atomic E-state index is 9.47. The third-order valence-electron chi connectivity index (χ3n) is 4.15. The minimum Gasteiger partial charge on any atom is -0.316 e. The van der Waals surface area contributed by atoms with E-state index in [1.165, 1.54) is 15.9 Å². The predicted octanol–water partition coefficient (Wildman–Crippen LogP) is 4.33. The molecule has 2 nitrogen and oxygen atoms in total.